The number of nitrogens with zero attached hydrogens (tertiary/aromatic N) is 2. The van der Waals surface area contributed by atoms with Crippen molar-refractivity contribution in [3.63, 3.8) is 0 Å². The topological polar surface area (TPSA) is 60.1 Å². The first kappa shape index (κ1) is 16.6. The molecule has 1 aliphatic carbocycles. The van der Waals surface area contributed by atoms with E-state index >= 15 is 0 Å². The molecule has 130 valence electrons. The van der Waals surface area contributed by atoms with Gasteiger partial charge in [-0.2, -0.15) is 18.3 Å². The fourth-order valence-electron chi connectivity index (χ4n) is 3.06. The molecule has 0 fully saturated rings. The number of fused-ring (bicyclic) bond motifs is 1. The first-order chi connectivity index (χ1) is 11.4. The summed E-state index contributed by atoms with van der Waals surface area (Å²) in [6.07, 6.45) is -0.611. The van der Waals surface area contributed by atoms with Gasteiger partial charge >= 0.3 is 6.18 Å². The number of rotatable bonds is 4. The van der Waals surface area contributed by atoms with Gasteiger partial charge in [0, 0.05) is 11.3 Å². The molecule has 1 N–H and O–H groups in total. The molecule has 3 rings (SSSR count). The predicted molar refractivity (Wildman–Crippen MR) is 79.1 cm³/mol. The zero-order chi connectivity index (χ0) is 17.3. The van der Waals surface area contributed by atoms with Gasteiger partial charge in [0.15, 0.2) is 5.69 Å². The molecule has 0 radical (unpaired) electrons. The molecule has 0 aliphatic heterocycles. The van der Waals surface area contributed by atoms with Crippen LogP contribution in [0.1, 0.15) is 48.5 Å². The summed E-state index contributed by atoms with van der Waals surface area (Å²) in [5, 5.41) is 6.39. The van der Waals surface area contributed by atoms with Gasteiger partial charge in [-0.05, 0) is 44.7 Å². The molecule has 0 spiro atoms. The third-order valence-corrected chi connectivity index (χ3v) is 4.17. The Labute approximate surface area is 136 Å². The van der Waals surface area contributed by atoms with Crippen LogP contribution in [-0.4, -0.2) is 15.7 Å². The van der Waals surface area contributed by atoms with Crippen molar-refractivity contribution in [1.29, 1.82) is 0 Å². The van der Waals surface area contributed by atoms with Crippen molar-refractivity contribution < 1.29 is 22.4 Å². The Bertz CT molecular complexity index is 720. The van der Waals surface area contributed by atoms with Gasteiger partial charge in [-0.3, -0.25) is 9.48 Å². The van der Waals surface area contributed by atoms with E-state index in [1.165, 1.54) is 10.9 Å². The van der Waals surface area contributed by atoms with E-state index in [9.17, 15) is 18.0 Å². The Morgan fingerprint density at radius 3 is 2.83 bits per heavy atom. The first-order valence-corrected chi connectivity index (χ1v) is 7.85. The van der Waals surface area contributed by atoms with Crippen molar-refractivity contribution in [2.45, 2.75) is 51.4 Å². The maximum absolute atomic E-state index is 13.1. The second kappa shape index (κ2) is 6.33. The second-order valence-corrected chi connectivity index (χ2v) is 5.94. The van der Waals surface area contributed by atoms with Crippen LogP contribution >= 0.6 is 0 Å². The van der Waals surface area contributed by atoms with E-state index in [1.54, 1.807) is 19.1 Å². The summed E-state index contributed by atoms with van der Waals surface area (Å²) in [6, 6.07) is 3.07. The van der Waals surface area contributed by atoms with Gasteiger partial charge in [0.05, 0.1) is 12.3 Å². The van der Waals surface area contributed by atoms with Gasteiger partial charge in [-0.25, -0.2) is 0 Å². The van der Waals surface area contributed by atoms with E-state index < -0.39 is 17.8 Å². The molecule has 0 saturated heterocycles. The van der Waals surface area contributed by atoms with Gasteiger partial charge < -0.3 is 9.73 Å². The van der Waals surface area contributed by atoms with Crippen LogP contribution in [0.25, 0.3) is 0 Å². The van der Waals surface area contributed by atoms with Gasteiger partial charge in [-0.1, -0.05) is 0 Å². The highest BCUT2D eigenvalue weighted by molar-refractivity contribution is 5.76. The molecular formula is C16H18F3N3O2. The van der Waals surface area contributed by atoms with Crippen LogP contribution in [0.5, 0.6) is 0 Å². The van der Waals surface area contributed by atoms with Gasteiger partial charge in [0.1, 0.15) is 12.3 Å². The molecule has 1 aliphatic rings. The average Bonchev–Trinajstić information content (AvgIpc) is 3.15. The smallest absolute Gasteiger partial charge is 0.435 e. The minimum Gasteiger partial charge on any atom is -0.467 e. The number of halogens is 3. The Hall–Kier alpha value is -2.25. The van der Waals surface area contributed by atoms with E-state index in [0.29, 0.717) is 30.7 Å². The lowest BCUT2D eigenvalue weighted by Gasteiger charge is -2.15. The Kier molecular flexibility index (Phi) is 4.38. The first-order valence-electron chi connectivity index (χ1n) is 7.85. The van der Waals surface area contributed by atoms with E-state index in [-0.39, 0.29) is 18.2 Å². The summed E-state index contributed by atoms with van der Waals surface area (Å²) in [5.41, 5.74) is -0.0981. The van der Waals surface area contributed by atoms with E-state index in [4.69, 9.17) is 4.42 Å². The molecule has 2 aromatic heterocycles. The third kappa shape index (κ3) is 3.32. The predicted octanol–water partition coefficient (Wildman–Crippen LogP) is 3.25. The van der Waals surface area contributed by atoms with Crippen molar-refractivity contribution >= 4 is 5.91 Å². The zero-order valence-electron chi connectivity index (χ0n) is 13.2. The van der Waals surface area contributed by atoms with Gasteiger partial charge in [0.2, 0.25) is 5.91 Å². The molecule has 1 unspecified atom stereocenters. The van der Waals surface area contributed by atoms with Crippen LogP contribution in [-0.2, 0) is 30.4 Å². The Balaban J connectivity index is 1.77. The quantitative estimate of drug-likeness (QED) is 0.929. The lowest BCUT2D eigenvalue weighted by atomic mass is 9.95. The lowest BCUT2D eigenvalue weighted by molar-refractivity contribution is -0.142. The number of nitrogens with one attached hydrogen (secondary N) is 1. The number of aromatic nitrogens is 2. The van der Waals surface area contributed by atoms with E-state index in [2.05, 4.69) is 10.4 Å². The average molecular weight is 341 g/mol. The number of carbonyl (C=O) groups is 1. The molecular weight excluding hydrogens is 323 g/mol. The lowest BCUT2D eigenvalue weighted by Crippen LogP contribution is -2.31. The molecule has 5 nitrogen and oxygen atoms in total. The third-order valence-electron chi connectivity index (χ3n) is 4.17. The Morgan fingerprint density at radius 2 is 2.17 bits per heavy atom. The monoisotopic (exact) mass is 341 g/mol. The van der Waals surface area contributed by atoms with E-state index in [0.717, 1.165) is 6.42 Å². The molecule has 24 heavy (non-hydrogen) atoms. The van der Waals surface area contributed by atoms with Crippen LogP contribution in [0.4, 0.5) is 13.2 Å². The highest BCUT2D eigenvalue weighted by Gasteiger charge is 2.39. The number of hydrogen-bond donors (Lipinski definition) is 1. The van der Waals surface area contributed by atoms with Crippen molar-refractivity contribution in [2.24, 2.45) is 0 Å². The molecule has 1 amide bonds. The minimum atomic E-state index is -4.50. The summed E-state index contributed by atoms with van der Waals surface area (Å²) in [6.45, 7) is 1.51. The van der Waals surface area contributed by atoms with Crippen molar-refractivity contribution in [1.82, 2.24) is 15.1 Å². The molecule has 0 bridgehead atoms. The van der Waals surface area contributed by atoms with Crippen LogP contribution in [0.15, 0.2) is 22.8 Å². The standard InChI is InChI=1S/C16H18F3N3O2/c1-10(13-7-4-8-24-13)20-14(23)9-22-12-6-3-2-5-11(12)15(21-22)16(17,18)19/h4,7-8,10H,2-3,5-6,9H2,1H3,(H,20,23). The van der Waals surface area contributed by atoms with Crippen LogP contribution in [0.2, 0.25) is 0 Å². The number of carbonyl (C=O) groups excluding carboxylic acids is 1. The van der Waals surface area contributed by atoms with Gasteiger partial charge in [-0.15, -0.1) is 0 Å². The minimum absolute atomic E-state index is 0.233. The zero-order valence-corrected chi connectivity index (χ0v) is 13.2. The highest BCUT2D eigenvalue weighted by Crippen LogP contribution is 2.35. The maximum Gasteiger partial charge on any atom is 0.435 e. The Morgan fingerprint density at radius 1 is 1.42 bits per heavy atom. The molecule has 1 atom stereocenters. The van der Waals surface area contributed by atoms with Crippen molar-refractivity contribution in [3.8, 4) is 0 Å². The molecule has 8 heteroatoms. The molecule has 0 aromatic carbocycles. The van der Waals surface area contributed by atoms with Gasteiger partial charge in [0.25, 0.3) is 0 Å². The summed E-state index contributed by atoms with van der Waals surface area (Å²) in [4.78, 5) is 12.2. The summed E-state index contributed by atoms with van der Waals surface area (Å²) < 4.78 is 45.8. The summed E-state index contributed by atoms with van der Waals surface area (Å²) >= 11 is 0. The maximum atomic E-state index is 13.1. The normalized spacial score (nSPS) is 15.8. The fourth-order valence-corrected chi connectivity index (χ4v) is 3.06. The fraction of sp³-hybridized carbons (Fsp3) is 0.500. The number of alkyl halides is 3. The SMILES string of the molecule is CC(NC(=O)Cn1nc(C(F)(F)F)c2c1CCCC2)c1ccco1. The van der Waals surface area contributed by atoms with E-state index in [1.807, 2.05) is 0 Å². The van der Waals surface area contributed by atoms with Crippen LogP contribution in [0.3, 0.4) is 0 Å². The summed E-state index contributed by atoms with van der Waals surface area (Å²) in [5.74, 6) is 0.185. The number of furan rings is 1. The molecule has 0 saturated carbocycles. The molecule has 2 heterocycles. The summed E-state index contributed by atoms with van der Waals surface area (Å²) in [7, 11) is 0. The largest absolute Gasteiger partial charge is 0.467 e. The van der Waals surface area contributed by atoms with Crippen LogP contribution in [0, 0.1) is 0 Å². The van der Waals surface area contributed by atoms with Crippen LogP contribution < -0.4 is 5.32 Å². The molecule has 2 aromatic rings. The second-order valence-electron chi connectivity index (χ2n) is 5.94. The number of hydrogen-bond acceptors (Lipinski definition) is 3. The van der Waals surface area contributed by atoms with Crippen molar-refractivity contribution in [2.75, 3.05) is 0 Å². The highest BCUT2D eigenvalue weighted by atomic mass is 19.4. The van der Waals surface area contributed by atoms with Crippen molar-refractivity contribution in [3.05, 3.63) is 41.1 Å². The number of amides is 1.